The molecule has 2 atom stereocenters. The third-order valence-corrected chi connectivity index (χ3v) is 7.52. The highest BCUT2D eigenvalue weighted by Gasteiger charge is 2.29. The van der Waals surface area contributed by atoms with E-state index in [4.69, 9.17) is 26.1 Å². The fraction of sp³-hybridized carbons (Fsp3) is 0.379. The summed E-state index contributed by atoms with van der Waals surface area (Å²) in [5.74, 6) is 1.02. The summed E-state index contributed by atoms with van der Waals surface area (Å²) < 4.78 is 14.1. The van der Waals surface area contributed by atoms with E-state index < -0.39 is 0 Å². The smallest absolute Gasteiger partial charge is 0.260 e. The summed E-state index contributed by atoms with van der Waals surface area (Å²) in [7, 11) is 1.92. The zero-order valence-corrected chi connectivity index (χ0v) is 22.9. The highest BCUT2D eigenvalue weighted by atomic mass is 35.5. The maximum Gasteiger partial charge on any atom is 0.260 e. The van der Waals surface area contributed by atoms with E-state index in [0.717, 1.165) is 47.1 Å². The number of hydrogen-bond acceptors (Lipinski definition) is 6. The summed E-state index contributed by atoms with van der Waals surface area (Å²) in [4.78, 5) is 23.9. The van der Waals surface area contributed by atoms with Crippen LogP contribution in [0.5, 0.6) is 11.5 Å². The molecule has 1 aliphatic rings. The number of para-hydroxylation sites is 1. The van der Waals surface area contributed by atoms with Gasteiger partial charge in [-0.05, 0) is 58.2 Å². The standard InChI is InChI=1S/C29H32ClN5O3/c1-18-13-22(25-11-12-32-34(25)4)21-9-6-10-26(29(21)33-18)37-16-23-24(30)14-31-15-27(23)38-17-28(36)35-19(2)7-5-8-20(35)3/h6,9-15,19-20H,5,7-8,16-17H2,1-4H3. The van der Waals surface area contributed by atoms with E-state index in [1.54, 1.807) is 18.6 Å². The number of ether oxygens (including phenoxy) is 2. The molecule has 0 saturated carbocycles. The largest absolute Gasteiger partial charge is 0.486 e. The van der Waals surface area contributed by atoms with Crippen molar-refractivity contribution in [3.63, 3.8) is 0 Å². The lowest BCUT2D eigenvalue weighted by Gasteiger charge is -2.39. The quantitative estimate of drug-likeness (QED) is 0.301. The topological polar surface area (TPSA) is 82.4 Å². The predicted molar refractivity (Wildman–Crippen MR) is 147 cm³/mol. The number of aromatic nitrogens is 4. The molecule has 3 aromatic heterocycles. The fourth-order valence-electron chi connectivity index (χ4n) is 5.30. The molecule has 4 heterocycles. The molecular formula is C29H32ClN5O3. The molecule has 0 radical (unpaired) electrons. The second kappa shape index (κ2) is 11.0. The van der Waals surface area contributed by atoms with Crippen molar-refractivity contribution >= 4 is 28.4 Å². The number of carbonyl (C=O) groups is 1. The lowest BCUT2D eigenvalue weighted by Crippen LogP contribution is -2.49. The first kappa shape index (κ1) is 26.0. The number of pyridine rings is 2. The van der Waals surface area contributed by atoms with Crippen molar-refractivity contribution in [2.45, 2.75) is 58.7 Å². The molecule has 8 nitrogen and oxygen atoms in total. The number of aryl methyl sites for hydroxylation is 2. The number of halogens is 1. The van der Waals surface area contributed by atoms with Crippen LogP contribution in [0.4, 0.5) is 0 Å². The van der Waals surface area contributed by atoms with Gasteiger partial charge >= 0.3 is 0 Å². The van der Waals surface area contributed by atoms with E-state index in [1.807, 2.05) is 47.8 Å². The van der Waals surface area contributed by atoms with Crippen LogP contribution in [0.3, 0.4) is 0 Å². The average Bonchev–Trinajstić information content (AvgIpc) is 3.32. The van der Waals surface area contributed by atoms with E-state index >= 15 is 0 Å². The summed E-state index contributed by atoms with van der Waals surface area (Å²) in [6.07, 6.45) is 8.06. The van der Waals surface area contributed by atoms with Gasteiger partial charge < -0.3 is 14.4 Å². The first-order valence-corrected chi connectivity index (χ1v) is 13.3. The van der Waals surface area contributed by atoms with Gasteiger partial charge in [0, 0.05) is 48.2 Å². The number of amides is 1. The fourth-order valence-corrected chi connectivity index (χ4v) is 5.51. The second-order valence-corrected chi connectivity index (χ2v) is 10.3. The van der Waals surface area contributed by atoms with Crippen molar-refractivity contribution in [1.82, 2.24) is 24.6 Å². The van der Waals surface area contributed by atoms with E-state index in [1.165, 1.54) is 0 Å². The average molecular weight is 534 g/mol. The van der Waals surface area contributed by atoms with Crippen molar-refractivity contribution in [2.24, 2.45) is 7.05 Å². The van der Waals surface area contributed by atoms with Gasteiger partial charge in [-0.1, -0.05) is 23.7 Å². The Morgan fingerprint density at radius 3 is 2.63 bits per heavy atom. The minimum absolute atomic E-state index is 0.0343. The lowest BCUT2D eigenvalue weighted by atomic mass is 9.97. The molecule has 0 bridgehead atoms. The maximum absolute atomic E-state index is 13.0. The van der Waals surface area contributed by atoms with Gasteiger partial charge in [0.15, 0.2) is 6.61 Å². The molecule has 0 spiro atoms. The number of fused-ring (bicyclic) bond motifs is 1. The molecule has 38 heavy (non-hydrogen) atoms. The molecule has 0 aliphatic carbocycles. The van der Waals surface area contributed by atoms with Crippen LogP contribution in [-0.2, 0) is 18.4 Å². The summed E-state index contributed by atoms with van der Waals surface area (Å²) in [6, 6.07) is 10.3. The van der Waals surface area contributed by atoms with E-state index in [0.29, 0.717) is 22.1 Å². The van der Waals surface area contributed by atoms with Crippen LogP contribution in [0, 0.1) is 6.92 Å². The van der Waals surface area contributed by atoms with E-state index in [-0.39, 0.29) is 31.2 Å². The number of benzene rings is 1. The molecule has 1 saturated heterocycles. The second-order valence-electron chi connectivity index (χ2n) is 9.91. The Kier molecular flexibility index (Phi) is 7.51. The van der Waals surface area contributed by atoms with Gasteiger partial charge in [-0.2, -0.15) is 5.10 Å². The van der Waals surface area contributed by atoms with E-state index in [9.17, 15) is 4.79 Å². The van der Waals surface area contributed by atoms with Gasteiger partial charge in [-0.25, -0.2) is 4.98 Å². The van der Waals surface area contributed by atoms with Crippen LogP contribution >= 0.6 is 11.6 Å². The lowest BCUT2D eigenvalue weighted by molar-refractivity contribution is -0.139. The molecule has 0 N–H and O–H groups in total. The number of hydrogen-bond donors (Lipinski definition) is 0. The van der Waals surface area contributed by atoms with Crippen LogP contribution in [0.2, 0.25) is 5.02 Å². The Labute approximate surface area is 227 Å². The molecule has 9 heteroatoms. The van der Waals surface area contributed by atoms with Crippen LogP contribution in [0.25, 0.3) is 22.2 Å². The Morgan fingerprint density at radius 1 is 1.11 bits per heavy atom. The Morgan fingerprint density at radius 2 is 1.89 bits per heavy atom. The SMILES string of the molecule is Cc1cc(-c2ccnn2C)c2cccc(OCc3c(Cl)cncc3OCC(=O)N3C(C)CCCC3C)c2n1. The van der Waals surface area contributed by atoms with Gasteiger partial charge in [0.2, 0.25) is 0 Å². The van der Waals surface area contributed by atoms with Crippen molar-refractivity contribution in [1.29, 1.82) is 0 Å². The summed E-state index contributed by atoms with van der Waals surface area (Å²) in [6.45, 7) is 6.20. The highest BCUT2D eigenvalue weighted by Crippen LogP contribution is 2.34. The molecule has 198 valence electrons. The van der Waals surface area contributed by atoms with Gasteiger partial charge in [0.05, 0.1) is 22.5 Å². The van der Waals surface area contributed by atoms with Gasteiger partial charge in [0.1, 0.15) is 23.6 Å². The zero-order chi connectivity index (χ0) is 26.8. The van der Waals surface area contributed by atoms with Crippen LogP contribution < -0.4 is 9.47 Å². The Balaban J connectivity index is 1.38. The minimum Gasteiger partial charge on any atom is -0.486 e. The zero-order valence-electron chi connectivity index (χ0n) is 22.1. The first-order valence-electron chi connectivity index (χ1n) is 12.9. The molecule has 2 unspecified atom stereocenters. The minimum atomic E-state index is -0.0766. The van der Waals surface area contributed by atoms with Crippen LogP contribution in [0.15, 0.2) is 48.9 Å². The van der Waals surface area contributed by atoms with Crippen molar-refractivity contribution in [3.05, 3.63) is 65.2 Å². The Bertz CT molecular complexity index is 1460. The van der Waals surface area contributed by atoms with Gasteiger partial charge in [0.25, 0.3) is 5.91 Å². The van der Waals surface area contributed by atoms with Crippen LogP contribution in [0.1, 0.15) is 44.4 Å². The molecule has 4 aromatic rings. The van der Waals surface area contributed by atoms with Crippen LogP contribution in [-0.4, -0.2) is 49.2 Å². The molecule has 1 fully saturated rings. The van der Waals surface area contributed by atoms with Crippen molar-refractivity contribution in [3.8, 4) is 22.8 Å². The first-order chi connectivity index (χ1) is 18.3. The highest BCUT2D eigenvalue weighted by molar-refractivity contribution is 6.31. The van der Waals surface area contributed by atoms with Gasteiger partial charge in [-0.15, -0.1) is 0 Å². The molecular weight excluding hydrogens is 502 g/mol. The molecule has 1 amide bonds. The molecule has 5 rings (SSSR count). The molecule has 1 aromatic carbocycles. The number of carbonyl (C=O) groups excluding carboxylic acids is 1. The number of rotatable bonds is 7. The normalized spacial score (nSPS) is 17.6. The monoisotopic (exact) mass is 533 g/mol. The number of likely N-dealkylation sites (tertiary alicyclic amines) is 1. The summed E-state index contributed by atoms with van der Waals surface area (Å²) in [5.41, 5.74) is 4.27. The third kappa shape index (κ3) is 5.18. The summed E-state index contributed by atoms with van der Waals surface area (Å²) in [5, 5.41) is 5.69. The predicted octanol–water partition coefficient (Wildman–Crippen LogP) is 5.74. The van der Waals surface area contributed by atoms with Gasteiger partial charge in [-0.3, -0.25) is 14.5 Å². The van der Waals surface area contributed by atoms with Crippen molar-refractivity contribution < 1.29 is 14.3 Å². The Hall–Kier alpha value is -3.65. The summed E-state index contributed by atoms with van der Waals surface area (Å²) >= 11 is 6.52. The van der Waals surface area contributed by atoms with Crippen molar-refractivity contribution in [2.75, 3.05) is 6.61 Å². The maximum atomic E-state index is 13.0. The molecule has 1 aliphatic heterocycles. The third-order valence-electron chi connectivity index (χ3n) is 7.20. The number of piperidine rings is 1. The number of nitrogens with zero attached hydrogens (tertiary/aromatic N) is 5. The van der Waals surface area contributed by atoms with E-state index in [2.05, 4.69) is 30.0 Å².